The quantitative estimate of drug-likeness (QED) is 0.501. The summed E-state index contributed by atoms with van der Waals surface area (Å²) in [4.78, 5) is 12.9. The van der Waals surface area contributed by atoms with Crippen LogP contribution in [0.15, 0.2) is 36.4 Å². The number of benzene rings is 1. The molecule has 100 valence electrons. The third-order valence-corrected chi connectivity index (χ3v) is 3.76. The summed E-state index contributed by atoms with van der Waals surface area (Å²) in [5, 5.41) is 0. The standard InChI is InChI=1S/C14H16N2O2S/c1-2-10-4-3-5-11(8-10)18-9-12-6-7-13(19-12)14(17)16-15/h3-8H,2,9,15H2,1H3,(H,16,17). The molecule has 0 aliphatic carbocycles. The number of nitrogens with two attached hydrogens (primary N) is 1. The monoisotopic (exact) mass is 276 g/mol. The van der Waals surface area contributed by atoms with Gasteiger partial charge in [0.1, 0.15) is 12.4 Å². The second-order valence-corrected chi connectivity index (χ2v) is 5.20. The van der Waals surface area contributed by atoms with Crippen molar-refractivity contribution in [2.45, 2.75) is 20.0 Å². The Balaban J connectivity index is 1.98. The van der Waals surface area contributed by atoms with Crippen LogP contribution in [0.2, 0.25) is 0 Å². The molecule has 0 aliphatic heterocycles. The first-order chi connectivity index (χ1) is 9.22. The molecule has 2 rings (SSSR count). The molecule has 2 aromatic rings. The predicted molar refractivity (Wildman–Crippen MR) is 76.1 cm³/mol. The Hall–Kier alpha value is -1.85. The Morgan fingerprint density at radius 2 is 2.21 bits per heavy atom. The van der Waals surface area contributed by atoms with Crippen LogP contribution in [-0.2, 0) is 13.0 Å². The maximum atomic E-state index is 11.3. The Labute approximate surface area is 116 Å². The number of ether oxygens (including phenoxy) is 1. The van der Waals surface area contributed by atoms with Crippen LogP contribution < -0.4 is 16.0 Å². The second-order valence-electron chi connectivity index (χ2n) is 4.03. The maximum Gasteiger partial charge on any atom is 0.275 e. The minimum Gasteiger partial charge on any atom is -0.488 e. The number of amides is 1. The van der Waals surface area contributed by atoms with Gasteiger partial charge < -0.3 is 4.74 Å². The first-order valence-corrected chi connectivity index (χ1v) is 6.86. The van der Waals surface area contributed by atoms with Crippen LogP contribution in [0.5, 0.6) is 5.75 Å². The van der Waals surface area contributed by atoms with Crippen molar-refractivity contribution in [3.63, 3.8) is 0 Å². The van der Waals surface area contributed by atoms with E-state index in [1.54, 1.807) is 6.07 Å². The second kappa shape index (κ2) is 6.36. The van der Waals surface area contributed by atoms with Gasteiger partial charge in [0.2, 0.25) is 0 Å². The van der Waals surface area contributed by atoms with E-state index in [9.17, 15) is 4.79 Å². The lowest BCUT2D eigenvalue weighted by Gasteiger charge is -2.05. The van der Waals surface area contributed by atoms with Gasteiger partial charge in [0.15, 0.2) is 0 Å². The Bertz CT molecular complexity index is 566. The average Bonchev–Trinajstić information content (AvgIpc) is 2.93. The topological polar surface area (TPSA) is 64.3 Å². The molecule has 0 saturated heterocycles. The minimum absolute atomic E-state index is 0.274. The molecule has 0 saturated carbocycles. The highest BCUT2D eigenvalue weighted by molar-refractivity contribution is 7.14. The predicted octanol–water partition coefficient (Wildman–Crippen LogP) is 2.49. The first kappa shape index (κ1) is 13.6. The van der Waals surface area contributed by atoms with Crippen molar-refractivity contribution in [3.05, 3.63) is 51.7 Å². The van der Waals surface area contributed by atoms with E-state index in [1.165, 1.54) is 16.9 Å². The summed E-state index contributed by atoms with van der Waals surface area (Å²) in [6.45, 7) is 2.56. The zero-order valence-corrected chi connectivity index (χ0v) is 11.5. The Kier molecular flexibility index (Phi) is 4.54. The summed E-state index contributed by atoms with van der Waals surface area (Å²) in [7, 11) is 0. The number of aryl methyl sites for hydroxylation is 1. The number of thiophene rings is 1. The van der Waals surface area contributed by atoms with Gasteiger partial charge in [-0.3, -0.25) is 10.2 Å². The molecule has 1 amide bonds. The number of hydrazine groups is 1. The first-order valence-electron chi connectivity index (χ1n) is 6.04. The molecule has 4 nitrogen and oxygen atoms in total. The zero-order valence-electron chi connectivity index (χ0n) is 10.7. The van der Waals surface area contributed by atoms with E-state index in [1.807, 2.05) is 24.3 Å². The summed E-state index contributed by atoms with van der Waals surface area (Å²) in [5.41, 5.74) is 3.36. The molecule has 0 fully saturated rings. The van der Waals surface area contributed by atoms with Gasteiger partial charge in [-0.1, -0.05) is 19.1 Å². The molecule has 0 unspecified atom stereocenters. The van der Waals surface area contributed by atoms with E-state index in [-0.39, 0.29) is 5.91 Å². The highest BCUT2D eigenvalue weighted by Gasteiger charge is 2.07. The normalized spacial score (nSPS) is 10.2. The fraction of sp³-hybridized carbons (Fsp3) is 0.214. The van der Waals surface area contributed by atoms with Gasteiger partial charge in [-0.05, 0) is 36.2 Å². The van der Waals surface area contributed by atoms with Crippen molar-refractivity contribution >= 4 is 17.2 Å². The number of rotatable bonds is 5. The van der Waals surface area contributed by atoms with Crippen LogP contribution in [0.4, 0.5) is 0 Å². The molecule has 1 aromatic heterocycles. The molecule has 0 aliphatic rings. The van der Waals surface area contributed by atoms with Crippen molar-refractivity contribution in [3.8, 4) is 5.75 Å². The summed E-state index contributed by atoms with van der Waals surface area (Å²) >= 11 is 1.38. The van der Waals surface area contributed by atoms with E-state index >= 15 is 0 Å². The maximum absolute atomic E-state index is 11.3. The smallest absolute Gasteiger partial charge is 0.275 e. The van der Waals surface area contributed by atoms with Gasteiger partial charge in [-0.25, -0.2) is 5.84 Å². The van der Waals surface area contributed by atoms with Crippen molar-refractivity contribution in [2.75, 3.05) is 0 Å². The van der Waals surface area contributed by atoms with Crippen molar-refractivity contribution < 1.29 is 9.53 Å². The fourth-order valence-corrected chi connectivity index (χ4v) is 2.48. The van der Waals surface area contributed by atoms with Gasteiger partial charge >= 0.3 is 0 Å². The summed E-state index contributed by atoms with van der Waals surface area (Å²) < 4.78 is 5.71. The highest BCUT2D eigenvalue weighted by Crippen LogP contribution is 2.20. The molecular weight excluding hydrogens is 260 g/mol. The largest absolute Gasteiger partial charge is 0.488 e. The fourth-order valence-electron chi connectivity index (χ4n) is 1.66. The van der Waals surface area contributed by atoms with Crippen LogP contribution in [0, 0.1) is 0 Å². The molecule has 3 N–H and O–H groups in total. The molecule has 0 radical (unpaired) electrons. The van der Waals surface area contributed by atoms with Crippen molar-refractivity contribution in [2.24, 2.45) is 5.84 Å². The molecule has 0 atom stereocenters. The molecule has 1 heterocycles. The van der Waals surface area contributed by atoms with Crippen LogP contribution in [0.3, 0.4) is 0 Å². The van der Waals surface area contributed by atoms with E-state index in [0.717, 1.165) is 17.0 Å². The van der Waals surface area contributed by atoms with E-state index in [0.29, 0.717) is 11.5 Å². The zero-order chi connectivity index (χ0) is 13.7. The third kappa shape index (κ3) is 3.56. The number of nitrogens with one attached hydrogen (secondary N) is 1. The van der Waals surface area contributed by atoms with Crippen LogP contribution in [-0.4, -0.2) is 5.91 Å². The van der Waals surface area contributed by atoms with Gasteiger partial charge in [0, 0.05) is 4.88 Å². The van der Waals surface area contributed by atoms with Crippen LogP contribution in [0.25, 0.3) is 0 Å². The van der Waals surface area contributed by atoms with Gasteiger partial charge in [-0.2, -0.15) is 0 Å². The number of carbonyl (C=O) groups excluding carboxylic acids is 1. The lowest BCUT2D eigenvalue weighted by molar-refractivity contribution is 0.0957. The number of hydrogen-bond acceptors (Lipinski definition) is 4. The molecular formula is C14H16N2O2S. The SMILES string of the molecule is CCc1cccc(OCc2ccc(C(=O)NN)s2)c1. The van der Waals surface area contributed by atoms with Crippen LogP contribution >= 0.6 is 11.3 Å². The van der Waals surface area contributed by atoms with Gasteiger partial charge in [0.25, 0.3) is 5.91 Å². The van der Waals surface area contributed by atoms with E-state index in [2.05, 4.69) is 18.4 Å². The summed E-state index contributed by atoms with van der Waals surface area (Å²) in [5.74, 6) is 5.66. The molecule has 19 heavy (non-hydrogen) atoms. The van der Waals surface area contributed by atoms with Gasteiger partial charge in [-0.15, -0.1) is 11.3 Å². The molecule has 5 heteroatoms. The van der Waals surface area contributed by atoms with Crippen molar-refractivity contribution in [1.29, 1.82) is 0 Å². The van der Waals surface area contributed by atoms with Crippen molar-refractivity contribution in [1.82, 2.24) is 5.43 Å². The van der Waals surface area contributed by atoms with E-state index in [4.69, 9.17) is 10.6 Å². The van der Waals surface area contributed by atoms with Gasteiger partial charge in [0.05, 0.1) is 4.88 Å². The highest BCUT2D eigenvalue weighted by atomic mass is 32.1. The summed E-state index contributed by atoms with van der Waals surface area (Å²) in [6, 6.07) is 11.6. The Morgan fingerprint density at radius 1 is 1.37 bits per heavy atom. The minimum atomic E-state index is -0.274. The lowest BCUT2D eigenvalue weighted by Crippen LogP contribution is -2.29. The average molecular weight is 276 g/mol. The number of hydrogen-bond donors (Lipinski definition) is 2. The number of carbonyl (C=O) groups is 1. The third-order valence-electron chi connectivity index (χ3n) is 2.70. The lowest BCUT2D eigenvalue weighted by atomic mass is 10.2. The molecule has 0 spiro atoms. The molecule has 1 aromatic carbocycles. The van der Waals surface area contributed by atoms with E-state index < -0.39 is 0 Å². The Morgan fingerprint density at radius 3 is 2.95 bits per heavy atom. The summed E-state index contributed by atoms with van der Waals surface area (Å²) in [6.07, 6.45) is 0.983. The molecule has 0 bridgehead atoms. The number of nitrogen functional groups attached to an aromatic ring is 1. The van der Waals surface area contributed by atoms with Crippen LogP contribution in [0.1, 0.15) is 27.0 Å².